The number of halogens is 1. The standard InChI is InChI=1S/C14H19ClN2O6/c15-5-10(16)17-7-1-3-8(4-2-7)22-14-13(21)12(20)11(19)9(6-18)23-14/h1-4,9,11-14,18-21H,5-6H2,(H2,16,17). The zero-order valence-corrected chi connectivity index (χ0v) is 12.9. The Bertz CT molecular complexity index is 539. The van der Waals surface area contributed by atoms with E-state index in [4.69, 9.17) is 31.9 Å². The number of nitrogens with zero attached hydrogens (tertiary/aromatic N) is 1. The number of amidine groups is 1. The minimum absolute atomic E-state index is 0.114. The van der Waals surface area contributed by atoms with Gasteiger partial charge >= 0.3 is 0 Å². The van der Waals surface area contributed by atoms with Gasteiger partial charge < -0.3 is 35.6 Å². The van der Waals surface area contributed by atoms with Crippen LogP contribution in [-0.2, 0) is 4.74 Å². The Hall–Kier alpha value is -1.42. The number of rotatable bonds is 5. The molecule has 0 saturated carbocycles. The quantitative estimate of drug-likeness (QED) is 0.264. The van der Waals surface area contributed by atoms with Crippen LogP contribution >= 0.6 is 11.6 Å². The Morgan fingerprint density at radius 3 is 2.39 bits per heavy atom. The molecule has 128 valence electrons. The molecule has 6 N–H and O–H groups in total. The molecule has 1 aromatic carbocycles. The molecule has 1 fully saturated rings. The maximum Gasteiger partial charge on any atom is 0.229 e. The molecule has 0 aliphatic carbocycles. The molecule has 0 aromatic heterocycles. The SMILES string of the molecule is NC(CCl)=Nc1ccc(OC2OC(CO)C(O)C(O)C2O)cc1. The van der Waals surface area contributed by atoms with Gasteiger partial charge in [0, 0.05) is 0 Å². The molecule has 2 rings (SSSR count). The van der Waals surface area contributed by atoms with Gasteiger partial charge in [0.2, 0.25) is 6.29 Å². The predicted molar refractivity (Wildman–Crippen MR) is 82.8 cm³/mol. The van der Waals surface area contributed by atoms with Crippen LogP contribution in [0.1, 0.15) is 0 Å². The summed E-state index contributed by atoms with van der Waals surface area (Å²) >= 11 is 5.54. The summed E-state index contributed by atoms with van der Waals surface area (Å²) in [4.78, 5) is 4.05. The van der Waals surface area contributed by atoms with Crippen LogP contribution in [0.3, 0.4) is 0 Å². The van der Waals surface area contributed by atoms with Gasteiger partial charge in [-0.25, -0.2) is 4.99 Å². The molecule has 1 aliphatic heterocycles. The van der Waals surface area contributed by atoms with Crippen molar-refractivity contribution in [3.05, 3.63) is 24.3 Å². The average molecular weight is 347 g/mol. The normalized spacial score (nSPS) is 31.9. The van der Waals surface area contributed by atoms with Crippen molar-refractivity contribution in [2.24, 2.45) is 10.7 Å². The first kappa shape index (κ1) is 17.9. The summed E-state index contributed by atoms with van der Waals surface area (Å²) in [5.41, 5.74) is 6.10. The Kier molecular flexibility index (Phi) is 6.17. The van der Waals surface area contributed by atoms with Crippen LogP contribution < -0.4 is 10.5 Å². The van der Waals surface area contributed by atoms with Gasteiger partial charge in [0.15, 0.2) is 0 Å². The average Bonchev–Trinajstić information content (AvgIpc) is 2.56. The van der Waals surface area contributed by atoms with Crippen LogP contribution in [0.4, 0.5) is 5.69 Å². The highest BCUT2D eigenvalue weighted by molar-refractivity contribution is 6.28. The maximum absolute atomic E-state index is 9.89. The van der Waals surface area contributed by atoms with E-state index in [1.165, 1.54) is 0 Å². The molecule has 0 amide bonds. The minimum Gasteiger partial charge on any atom is -0.462 e. The van der Waals surface area contributed by atoms with E-state index >= 15 is 0 Å². The summed E-state index contributed by atoms with van der Waals surface area (Å²) in [5.74, 6) is 0.732. The van der Waals surface area contributed by atoms with Gasteiger partial charge in [-0.1, -0.05) is 0 Å². The predicted octanol–water partition coefficient (Wildman–Crippen LogP) is -0.907. The van der Waals surface area contributed by atoms with Crippen molar-refractivity contribution >= 4 is 23.1 Å². The number of aliphatic hydroxyl groups is 4. The first-order chi connectivity index (χ1) is 11.0. The second kappa shape index (κ2) is 7.91. The third kappa shape index (κ3) is 4.31. The molecule has 9 heteroatoms. The fraction of sp³-hybridized carbons (Fsp3) is 0.500. The molecule has 1 aromatic rings. The van der Waals surface area contributed by atoms with Gasteiger partial charge in [-0.05, 0) is 24.3 Å². The first-order valence-electron chi connectivity index (χ1n) is 6.92. The summed E-state index contributed by atoms with van der Waals surface area (Å²) < 4.78 is 10.7. The van der Waals surface area contributed by atoms with E-state index in [2.05, 4.69) is 4.99 Å². The number of nitrogens with two attached hydrogens (primary N) is 1. The second-order valence-electron chi connectivity index (χ2n) is 5.05. The van der Waals surface area contributed by atoms with Gasteiger partial charge in [-0.2, -0.15) is 0 Å². The molecule has 0 bridgehead atoms. The van der Waals surface area contributed by atoms with Crippen LogP contribution in [0.5, 0.6) is 5.75 Å². The Morgan fingerprint density at radius 2 is 1.83 bits per heavy atom. The molecule has 0 spiro atoms. The van der Waals surface area contributed by atoms with Crippen molar-refractivity contribution in [3.8, 4) is 5.75 Å². The lowest BCUT2D eigenvalue weighted by atomic mass is 9.99. The number of aliphatic hydroxyl groups excluding tert-OH is 4. The molecular weight excluding hydrogens is 328 g/mol. The zero-order chi connectivity index (χ0) is 17.0. The van der Waals surface area contributed by atoms with E-state index in [1.54, 1.807) is 24.3 Å². The third-order valence-electron chi connectivity index (χ3n) is 3.35. The molecule has 1 aliphatic rings. The number of hydrogen-bond acceptors (Lipinski definition) is 7. The van der Waals surface area contributed by atoms with Gasteiger partial charge in [0.1, 0.15) is 36.0 Å². The summed E-state index contributed by atoms with van der Waals surface area (Å²) in [5, 5.41) is 38.4. The van der Waals surface area contributed by atoms with Gasteiger partial charge in [-0.3, -0.25) is 0 Å². The Balaban J connectivity index is 2.06. The van der Waals surface area contributed by atoms with E-state index in [0.717, 1.165) is 0 Å². The van der Waals surface area contributed by atoms with Crippen molar-refractivity contribution in [2.75, 3.05) is 12.5 Å². The van der Waals surface area contributed by atoms with Gasteiger partial charge in [0.25, 0.3) is 0 Å². The molecule has 5 unspecified atom stereocenters. The highest BCUT2D eigenvalue weighted by Crippen LogP contribution is 2.25. The lowest BCUT2D eigenvalue weighted by molar-refractivity contribution is -0.277. The van der Waals surface area contributed by atoms with Crippen LogP contribution in [0.25, 0.3) is 0 Å². The summed E-state index contributed by atoms with van der Waals surface area (Å²) in [6.45, 7) is -0.518. The third-order valence-corrected chi connectivity index (χ3v) is 3.62. The summed E-state index contributed by atoms with van der Waals surface area (Å²) in [6, 6.07) is 6.39. The Morgan fingerprint density at radius 1 is 1.17 bits per heavy atom. The van der Waals surface area contributed by atoms with Crippen LogP contribution in [-0.4, -0.2) is 69.5 Å². The molecule has 8 nitrogen and oxygen atoms in total. The van der Waals surface area contributed by atoms with Crippen LogP contribution in [0.2, 0.25) is 0 Å². The molecule has 1 saturated heterocycles. The minimum atomic E-state index is -1.49. The number of hydrogen-bond donors (Lipinski definition) is 5. The smallest absolute Gasteiger partial charge is 0.229 e. The fourth-order valence-electron chi connectivity index (χ4n) is 2.09. The molecule has 1 heterocycles. The molecule has 5 atom stereocenters. The zero-order valence-electron chi connectivity index (χ0n) is 12.1. The van der Waals surface area contributed by atoms with E-state index in [0.29, 0.717) is 11.4 Å². The highest BCUT2D eigenvalue weighted by atomic mass is 35.5. The topological polar surface area (TPSA) is 138 Å². The number of benzene rings is 1. The number of alkyl halides is 1. The molecule has 23 heavy (non-hydrogen) atoms. The molecule has 0 radical (unpaired) electrons. The van der Waals surface area contributed by atoms with E-state index in [-0.39, 0.29) is 11.7 Å². The van der Waals surface area contributed by atoms with Crippen LogP contribution in [0, 0.1) is 0 Å². The van der Waals surface area contributed by atoms with Crippen molar-refractivity contribution in [3.63, 3.8) is 0 Å². The highest BCUT2D eigenvalue weighted by Gasteiger charge is 2.44. The van der Waals surface area contributed by atoms with Crippen molar-refractivity contribution < 1.29 is 29.9 Å². The maximum atomic E-state index is 9.89. The van der Waals surface area contributed by atoms with Gasteiger partial charge in [-0.15, -0.1) is 11.6 Å². The monoisotopic (exact) mass is 346 g/mol. The molecular formula is C14H19ClN2O6. The largest absolute Gasteiger partial charge is 0.462 e. The van der Waals surface area contributed by atoms with E-state index in [1.807, 2.05) is 0 Å². The summed E-state index contributed by atoms with van der Waals surface area (Å²) in [7, 11) is 0. The van der Waals surface area contributed by atoms with Gasteiger partial charge in [0.05, 0.1) is 18.2 Å². The van der Waals surface area contributed by atoms with Crippen molar-refractivity contribution in [1.29, 1.82) is 0 Å². The second-order valence-corrected chi connectivity index (χ2v) is 5.31. The summed E-state index contributed by atoms with van der Waals surface area (Å²) in [6.07, 6.45) is -6.63. The Labute approximate surface area is 137 Å². The van der Waals surface area contributed by atoms with E-state index < -0.39 is 37.3 Å². The number of aliphatic imine (C=N–C) groups is 1. The number of ether oxygens (including phenoxy) is 2. The lowest BCUT2D eigenvalue weighted by Crippen LogP contribution is -2.60. The van der Waals surface area contributed by atoms with Crippen LogP contribution in [0.15, 0.2) is 29.3 Å². The first-order valence-corrected chi connectivity index (χ1v) is 7.46. The van der Waals surface area contributed by atoms with Crippen molar-refractivity contribution in [1.82, 2.24) is 0 Å². The fourth-order valence-corrected chi connectivity index (χ4v) is 2.15. The van der Waals surface area contributed by atoms with Crippen molar-refractivity contribution in [2.45, 2.75) is 30.7 Å². The lowest BCUT2D eigenvalue weighted by Gasteiger charge is -2.39. The van der Waals surface area contributed by atoms with E-state index in [9.17, 15) is 15.3 Å².